The molecule has 0 aliphatic rings. The minimum Gasteiger partial charge on any atom is -0.367 e. The number of halogens is 1. The van der Waals surface area contributed by atoms with Crippen LogP contribution in [0.1, 0.15) is 45.6 Å². The Labute approximate surface area is 113 Å². The summed E-state index contributed by atoms with van der Waals surface area (Å²) in [6.45, 7) is 8.85. The fraction of sp³-hybridized carbons (Fsp3) is 0.643. The van der Waals surface area contributed by atoms with Crippen molar-refractivity contribution in [3.8, 4) is 0 Å². The first-order chi connectivity index (χ1) is 8.00. The number of rotatable bonds is 6. The van der Waals surface area contributed by atoms with E-state index in [0.717, 1.165) is 16.2 Å². The van der Waals surface area contributed by atoms with Crippen molar-refractivity contribution in [1.29, 1.82) is 0 Å². The van der Waals surface area contributed by atoms with E-state index in [1.807, 2.05) is 12.3 Å². The summed E-state index contributed by atoms with van der Waals surface area (Å²) in [5.74, 6) is 1.76. The molecule has 17 heavy (non-hydrogen) atoms. The molecule has 1 heterocycles. The molecule has 0 aliphatic carbocycles. The molecule has 1 aromatic heterocycles. The summed E-state index contributed by atoms with van der Waals surface area (Å²) in [5.41, 5.74) is 1.22. The summed E-state index contributed by atoms with van der Waals surface area (Å²) >= 11 is 3.58. The second-order valence-corrected chi connectivity index (χ2v) is 5.95. The predicted molar refractivity (Wildman–Crippen MR) is 78.4 cm³/mol. The first-order valence-corrected chi connectivity index (χ1v) is 7.17. The van der Waals surface area contributed by atoms with Crippen LogP contribution in [0.2, 0.25) is 0 Å². The van der Waals surface area contributed by atoms with Crippen molar-refractivity contribution in [2.24, 2.45) is 5.92 Å². The van der Waals surface area contributed by atoms with Crippen LogP contribution in [0.5, 0.6) is 0 Å². The van der Waals surface area contributed by atoms with Crippen molar-refractivity contribution in [2.75, 3.05) is 5.32 Å². The summed E-state index contributed by atoms with van der Waals surface area (Å²) in [5, 5.41) is 3.47. The zero-order valence-electron chi connectivity index (χ0n) is 11.3. The summed E-state index contributed by atoms with van der Waals surface area (Å²) in [7, 11) is 0. The van der Waals surface area contributed by atoms with Crippen LogP contribution in [0.4, 0.5) is 5.82 Å². The Morgan fingerprint density at radius 3 is 2.65 bits per heavy atom. The van der Waals surface area contributed by atoms with Crippen molar-refractivity contribution in [3.05, 3.63) is 22.3 Å². The number of pyridine rings is 1. The van der Waals surface area contributed by atoms with E-state index in [1.54, 1.807) is 0 Å². The summed E-state index contributed by atoms with van der Waals surface area (Å²) in [6.07, 6.45) is 5.62. The molecule has 0 bridgehead atoms. The third-order valence-electron chi connectivity index (χ3n) is 2.88. The van der Waals surface area contributed by atoms with E-state index < -0.39 is 0 Å². The molecule has 1 rings (SSSR count). The number of hydrogen-bond donors (Lipinski definition) is 1. The van der Waals surface area contributed by atoms with Gasteiger partial charge in [-0.3, -0.25) is 0 Å². The van der Waals surface area contributed by atoms with Crippen molar-refractivity contribution in [3.63, 3.8) is 0 Å². The van der Waals surface area contributed by atoms with Crippen LogP contribution in [-0.2, 0) is 0 Å². The maximum atomic E-state index is 4.36. The lowest BCUT2D eigenvalue weighted by molar-refractivity contribution is 0.520. The average Bonchev–Trinajstić information content (AvgIpc) is 2.24. The molecule has 0 fully saturated rings. The Bertz CT molecular complexity index is 350. The van der Waals surface area contributed by atoms with Gasteiger partial charge in [0.05, 0.1) is 4.47 Å². The second kappa shape index (κ2) is 7.00. The Morgan fingerprint density at radius 1 is 1.29 bits per heavy atom. The topological polar surface area (TPSA) is 24.9 Å². The molecular formula is C14H23BrN2. The van der Waals surface area contributed by atoms with Crippen molar-refractivity contribution in [2.45, 2.75) is 53.0 Å². The van der Waals surface area contributed by atoms with Crippen molar-refractivity contribution < 1.29 is 0 Å². The standard InChI is InChI=1S/C14H23BrN2/c1-10(2)6-5-7-12(4)17-14-13(15)11(3)8-9-16-14/h8-10,12H,5-7H2,1-4H3,(H,16,17). The van der Waals surface area contributed by atoms with Gasteiger partial charge in [-0.25, -0.2) is 4.98 Å². The van der Waals surface area contributed by atoms with Crippen LogP contribution in [0, 0.1) is 12.8 Å². The average molecular weight is 299 g/mol. The number of aromatic nitrogens is 1. The van der Waals surface area contributed by atoms with E-state index in [0.29, 0.717) is 6.04 Å². The third kappa shape index (κ3) is 5.07. The lowest BCUT2D eigenvalue weighted by Crippen LogP contribution is -2.16. The monoisotopic (exact) mass is 298 g/mol. The Balaban J connectivity index is 2.45. The van der Waals surface area contributed by atoms with Gasteiger partial charge in [-0.15, -0.1) is 0 Å². The second-order valence-electron chi connectivity index (χ2n) is 5.16. The molecule has 0 aromatic carbocycles. The van der Waals surface area contributed by atoms with E-state index >= 15 is 0 Å². The van der Waals surface area contributed by atoms with Crippen LogP contribution >= 0.6 is 15.9 Å². The van der Waals surface area contributed by atoms with Crippen molar-refractivity contribution >= 4 is 21.7 Å². The van der Waals surface area contributed by atoms with Gasteiger partial charge in [-0.1, -0.05) is 26.7 Å². The summed E-state index contributed by atoms with van der Waals surface area (Å²) in [4.78, 5) is 4.36. The highest BCUT2D eigenvalue weighted by Crippen LogP contribution is 2.24. The van der Waals surface area contributed by atoms with Gasteiger partial charge in [0.2, 0.25) is 0 Å². The lowest BCUT2D eigenvalue weighted by Gasteiger charge is -2.16. The fourth-order valence-electron chi connectivity index (χ4n) is 1.78. The molecule has 0 saturated heterocycles. The summed E-state index contributed by atoms with van der Waals surface area (Å²) < 4.78 is 1.08. The maximum absolute atomic E-state index is 4.36. The van der Waals surface area contributed by atoms with Gasteiger partial charge >= 0.3 is 0 Å². The third-order valence-corrected chi connectivity index (χ3v) is 3.89. The molecule has 96 valence electrons. The number of nitrogens with one attached hydrogen (secondary N) is 1. The molecule has 1 N–H and O–H groups in total. The summed E-state index contributed by atoms with van der Waals surface area (Å²) in [6, 6.07) is 2.48. The molecule has 1 unspecified atom stereocenters. The van der Waals surface area contributed by atoms with Crippen LogP contribution in [0.15, 0.2) is 16.7 Å². The minimum atomic E-state index is 0.472. The van der Waals surface area contributed by atoms with Gasteiger partial charge in [0.25, 0.3) is 0 Å². The smallest absolute Gasteiger partial charge is 0.140 e. The molecule has 0 spiro atoms. The molecule has 1 atom stereocenters. The highest BCUT2D eigenvalue weighted by Gasteiger charge is 2.08. The first kappa shape index (κ1) is 14.5. The molecule has 0 saturated carbocycles. The van der Waals surface area contributed by atoms with Crippen LogP contribution in [-0.4, -0.2) is 11.0 Å². The van der Waals surface area contributed by atoms with E-state index in [4.69, 9.17) is 0 Å². The van der Waals surface area contributed by atoms with Gasteiger partial charge in [0.1, 0.15) is 5.82 Å². The molecule has 2 nitrogen and oxygen atoms in total. The minimum absolute atomic E-state index is 0.472. The predicted octanol–water partition coefficient (Wildman–Crippen LogP) is 4.78. The molecule has 1 aromatic rings. The first-order valence-electron chi connectivity index (χ1n) is 6.38. The zero-order chi connectivity index (χ0) is 12.8. The van der Waals surface area contributed by atoms with Gasteiger partial charge < -0.3 is 5.32 Å². The Morgan fingerprint density at radius 2 is 2.00 bits per heavy atom. The van der Waals surface area contributed by atoms with Gasteiger partial charge in [-0.05, 0) is 53.7 Å². The van der Waals surface area contributed by atoms with E-state index in [-0.39, 0.29) is 0 Å². The van der Waals surface area contributed by atoms with Crippen molar-refractivity contribution in [1.82, 2.24) is 4.98 Å². The Hall–Kier alpha value is -0.570. The maximum Gasteiger partial charge on any atom is 0.140 e. The highest BCUT2D eigenvalue weighted by atomic mass is 79.9. The van der Waals surface area contributed by atoms with Gasteiger partial charge in [-0.2, -0.15) is 0 Å². The van der Waals surface area contributed by atoms with Gasteiger partial charge in [0.15, 0.2) is 0 Å². The highest BCUT2D eigenvalue weighted by molar-refractivity contribution is 9.10. The number of anilines is 1. The van der Waals surface area contributed by atoms with Gasteiger partial charge in [0, 0.05) is 12.2 Å². The number of aryl methyl sites for hydroxylation is 1. The normalized spacial score (nSPS) is 12.8. The van der Waals surface area contributed by atoms with Crippen LogP contribution < -0.4 is 5.32 Å². The molecular weight excluding hydrogens is 276 g/mol. The fourth-order valence-corrected chi connectivity index (χ4v) is 2.13. The van der Waals surface area contributed by atoms with Crippen LogP contribution in [0.25, 0.3) is 0 Å². The molecule has 0 aliphatic heterocycles. The SMILES string of the molecule is Cc1ccnc(NC(C)CCCC(C)C)c1Br. The quantitative estimate of drug-likeness (QED) is 0.817. The van der Waals surface area contributed by atoms with E-state index in [2.05, 4.69) is 53.9 Å². The van der Waals surface area contributed by atoms with E-state index in [1.165, 1.54) is 24.8 Å². The lowest BCUT2D eigenvalue weighted by atomic mass is 10.0. The zero-order valence-corrected chi connectivity index (χ0v) is 12.8. The molecule has 0 radical (unpaired) electrons. The Kier molecular flexibility index (Phi) is 5.96. The number of hydrogen-bond acceptors (Lipinski definition) is 2. The largest absolute Gasteiger partial charge is 0.367 e. The van der Waals surface area contributed by atoms with E-state index in [9.17, 15) is 0 Å². The number of nitrogens with zero attached hydrogens (tertiary/aromatic N) is 1. The molecule has 3 heteroatoms. The van der Waals surface area contributed by atoms with Crippen LogP contribution in [0.3, 0.4) is 0 Å². The molecule has 0 amide bonds.